The van der Waals surface area contributed by atoms with E-state index in [2.05, 4.69) is 0 Å². The van der Waals surface area contributed by atoms with Crippen LogP contribution in [0, 0.1) is 0 Å². The molecule has 0 aliphatic carbocycles. The molecule has 3 aromatic carbocycles. The number of hydrogen-bond donors (Lipinski definition) is 2. The summed E-state index contributed by atoms with van der Waals surface area (Å²) < 4.78 is 46.9. The fourth-order valence-electron chi connectivity index (χ4n) is 3.04. The zero-order valence-corrected chi connectivity index (χ0v) is 21.0. The lowest BCUT2D eigenvalue weighted by Crippen LogP contribution is -2.19. The molecular weight excluding hydrogens is 478 g/mol. The maximum absolute atomic E-state index is 12.6. The van der Waals surface area contributed by atoms with Gasteiger partial charge in [-0.05, 0) is 75.2 Å². The highest BCUT2D eigenvalue weighted by Crippen LogP contribution is 2.42. The van der Waals surface area contributed by atoms with Crippen LogP contribution in [0.2, 0.25) is 0 Å². The number of phenolic OH excluding ortho intramolecular Hbond substituents is 2. The lowest BCUT2D eigenvalue weighted by atomic mass is 9.98. The molecule has 0 bridgehead atoms. The van der Waals surface area contributed by atoms with Crippen LogP contribution in [-0.4, -0.2) is 10.2 Å². The standard InChI is InChI=1S/C24H24O8P2/c1-23(2,17-8-5-10-19(25)14-17)31-33(27)29-21-12-6-9-18(15-21)24(3,4)32-34(28)30-22-13-7-11-20(26)16-22/h5-16H,1-4H3/p+2. The Bertz CT molecular complexity index is 1190. The van der Waals surface area contributed by atoms with Crippen LogP contribution in [0.3, 0.4) is 0 Å². The van der Waals surface area contributed by atoms with Gasteiger partial charge in [-0.15, -0.1) is 9.05 Å². The number of aromatic hydroxyl groups is 2. The molecule has 2 N–H and O–H groups in total. The normalized spacial score (nSPS) is 12.7. The van der Waals surface area contributed by atoms with Gasteiger partial charge in [-0.3, -0.25) is 0 Å². The predicted octanol–water partition coefficient (Wildman–Crippen LogP) is 7.07. The van der Waals surface area contributed by atoms with Gasteiger partial charge in [0, 0.05) is 15.2 Å². The topological polar surface area (TPSA) is 112 Å². The summed E-state index contributed by atoms with van der Waals surface area (Å²) >= 11 is 0. The van der Waals surface area contributed by atoms with Crippen molar-refractivity contribution in [3.8, 4) is 23.0 Å². The molecule has 0 aliphatic heterocycles. The van der Waals surface area contributed by atoms with Crippen molar-refractivity contribution < 1.29 is 37.4 Å². The van der Waals surface area contributed by atoms with E-state index < -0.39 is 27.7 Å². The van der Waals surface area contributed by atoms with Crippen LogP contribution in [-0.2, 0) is 29.4 Å². The Kier molecular flexibility index (Phi) is 7.90. The Morgan fingerprint density at radius 3 is 1.53 bits per heavy atom. The molecule has 0 saturated heterocycles. The summed E-state index contributed by atoms with van der Waals surface area (Å²) in [5, 5.41) is 19.2. The summed E-state index contributed by atoms with van der Waals surface area (Å²) in [6, 6.07) is 19.0. The number of hydrogen-bond acceptors (Lipinski definition) is 8. The highest BCUT2D eigenvalue weighted by atomic mass is 31.1. The monoisotopic (exact) mass is 504 g/mol. The predicted molar refractivity (Wildman–Crippen MR) is 127 cm³/mol. The molecule has 0 fully saturated rings. The second-order valence-electron chi connectivity index (χ2n) is 8.41. The van der Waals surface area contributed by atoms with E-state index in [9.17, 15) is 19.3 Å². The average Bonchev–Trinajstić information content (AvgIpc) is 2.73. The summed E-state index contributed by atoms with van der Waals surface area (Å²) in [6.07, 6.45) is 0. The number of phenols is 2. The Morgan fingerprint density at radius 2 is 1.03 bits per heavy atom. The fourth-order valence-corrected chi connectivity index (χ4v) is 4.64. The molecule has 2 unspecified atom stereocenters. The summed E-state index contributed by atoms with van der Waals surface area (Å²) in [5.41, 5.74) is -0.785. The maximum Gasteiger partial charge on any atom is 0.751 e. The quantitative estimate of drug-likeness (QED) is 0.282. The van der Waals surface area contributed by atoms with Crippen LogP contribution in [0.4, 0.5) is 0 Å². The molecule has 0 saturated carbocycles. The number of rotatable bonds is 10. The summed E-state index contributed by atoms with van der Waals surface area (Å²) in [4.78, 5) is 0. The van der Waals surface area contributed by atoms with Crippen molar-refractivity contribution in [3.63, 3.8) is 0 Å². The highest BCUT2D eigenvalue weighted by molar-refractivity contribution is 7.34. The van der Waals surface area contributed by atoms with Gasteiger partial charge < -0.3 is 10.2 Å². The van der Waals surface area contributed by atoms with Gasteiger partial charge in [0.2, 0.25) is 0 Å². The fraction of sp³-hybridized carbons (Fsp3) is 0.250. The van der Waals surface area contributed by atoms with Gasteiger partial charge in [-0.1, -0.05) is 30.3 Å². The van der Waals surface area contributed by atoms with Gasteiger partial charge in [0.15, 0.2) is 11.5 Å². The summed E-state index contributed by atoms with van der Waals surface area (Å²) in [5.74, 6) is 0.531. The van der Waals surface area contributed by atoms with Crippen LogP contribution in [0.15, 0.2) is 72.8 Å². The smallest absolute Gasteiger partial charge is 0.508 e. The molecule has 0 amide bonds. The van der Waals surface area contributed by atoms with E-state index in [0.717, 1.165) is 0 Å². The van der Waals surface area contributed by atoms with Crippen LogP contribution < -0.4 is 9.05 Å². The van der Waals surface area contributed by atoms with Gasteiger partial charge in [-0.2, -0.15) is 0 Å². The molecule has 2 atom stereocenters. The van der Waals surface area contributed by atoms with E-state index in [1.165, 1.54) is 24.3 Å². The molecule has 178 valence electrons. The molecule has 0 heterocycles. The van der Waals surface area contributed by atoms with E-state index in [1.54, 1.807) is 76.2 Å². The first kappa shape index (κ1) is 25.6. The van der Waals surface area contributed by atoms with Crippen LogP contribution in [0.5, 0.6) is 23.0 Å². The molecule has 0 aliphatic rings. The zero-order chi connectivity index (χ0) is 24.9. The largest absolute Gasteiger partial charge is 0.751 e. The van der Waals surface area contributed by atoms with Crippen molar-refractivity contribution in [1.82, 2.24) is 0 Å². The first-order valence-corrected chi connectivity index (χ1v) is 12.5. The number of benzene rings is 3. The van der Waals surface area contributed by atoms with E-state index >= 15 is 0 Å². The minimum absolute atomic E-state index is 0.0198. The van der Waals surface area contributed by atoms with Crippen molar-refractivity contribution in [2.45, 2.75) is 38.9 Å². The van der Waals surface area contributed by atoms with Gasteiger partial charge in [0.25, 0.3) is 0 Å². The highest BCUT2D eigenvalue weighted by Gasteiger charge is 2.39. The van der Waals surface area contributed by atoms with Gasteiger partial charge in [-0.25, -0.2) is 9.05 Å². The molecule has 10 heteroatoms. The van der Waals surface area contributed by atoms with Crippen LogP contribution >= 0.6 is 16.5 Å². The molecule has 8 nitrogen and oxygen atoms in total. The van der Waals surface area contributed by atoms with Gasteiger partial charge in [0.1, 0.15) is 22.7 Å². The maximum atomic E-state index is 12.6. The van der Waals surface area contributed by atoms with E-state index in [-0.39, 0.29) is 23.0 Å². The Hall–Kier alpha value is -3.02. The Morgan fingerprint density at radius 1 is 0.618 bits per heavy atom. The third-order valence-electron chi connectivity index (χ3n) is 4.85. The van der Waals surface area contributed by atoms with Crippen molar-refractivity contribution in [3.05, 3.63) is 83.9 Å². The van der Waals surface area contributed by atoms with Crippen molar-refractivity contribution in [2.75, 3.05) is 0 Å². The zero-order valence-electron chi connectivity index (χ0n) is 19.2. The molecule has 0 spiro atoms. The third kappa shape index (κ3) is 6.99. The van der Waals surface area contributed by atoms with Crippen molar-refractivity contribution in [2.24, 2.45) is 0 Å². The molecule has 0 aromatic heterocycles. The second-order valence-corrected chi connectivity index (χ2v) is 10.0. The lowest BCUT2D eigenvalue weighted by Gasteiger charge is -2.18. The molecule has 3 rings (SSSR count). The summed E-state index contributed by atoms with van der Waals surface area (Å²) in [7, 11) is -5.12. The second kappa shape index (κ2) is 10.5. The van der Waals surface area contributed by atoms with E-state index in [4.69, 9.17) is 18.1 Å². The molecule has 34 heavy (non-hydrogen) atoms. The van der Waals surface area contributed by atoms with Crippen LogP contribution in [0.1, 0.15) is 38.8 Å². The van der Waals surface area contributed by atoms with Gasteiger partial charge >= 0.3 is 16.5 Å². The summed E-state index contributed by atoms with van der Waals surface area (Å²) in [6.45, 7) is 6.84. The third-order valence-corrected chi connectivity index (χ3v) is 6.78. The minimum atomic E-state index is -2.56. The molecule has 0 radical (unpaired) electrons. The molecule has 3 aromatic rings. The lowest BCUT2D eigenvalue weighted by molar-refractivity contribution is 0.101. The van der Waals surface area contributed by atoms with E-state index in [0.29, 0.717) is 11.1 Å². The molecular formula is C24H26O8P2+2. The van der Waals surface area contributed by atoms with Crippen molar-refractivity contribution >= 4 is 16.5 Å². The van der Waals surface area contributed by atoms with Gasteiger partial charge in [0.05, 0.1) is 0 Å². The Labute approximate surface area is 200 Å². The average molecular weight is 504 g/mol. The van der Waals surface area contributed by atoms with Crippen LogP contribution in [0.25, 0.3) is 0 Å². The SMILES string of the molecule is CC(C)(O[P+](=O)Oc1cccc(C(C)(C)O[P+](=O)Oc2cccc(O)c2)c1)c1cccc(O)c1. The Balaban J connectivity index is 1.66. The minimum Gasteiger partial charge on any atom is -0.508 e. The first-order valence-electron chi connectivity index (χ1n) is 10.3. The first-order chi connectivity index (χ1) is 15.9. The van der Waals surface area contributed by atoms with Crippen molar-refractivity contribution in [1.29, 1.82) is 0 Å². The van der Waals surface area contributed by atoms with E-state index in [1.807, 2.05) is 0 Å².